The second-order valence-electron chi connectivity index (χ2n) is 7.03. The fourth-order valence-corrected chi connectivity index (χ4v) is 5.22. The van der Waals surface area contributed by atoms with E-state index >= 15 is 0 Å². The molecule has 4 rings (SSSR count). The van der Waals surface area contributed by atoms with Gasteiger partial charge in [-0.25, -0.2) is 8.42 Å². The lowest BCUT2D eigenvalue weighted by Gasteiger charge is -2.34. The van der Waals surface area contributed by atoms with Gasteiger partial charge in [-0.15, -0.1) is 10.2 Å². The van der Waals surface area contributed by atoms with E-state index < -0.39 is 10.0 Å². The van der Waals surface area contributed by atoms with Crippen LogP contribution in [-0.2, 0) is 14.8 Å². The predicted molar refractivity (Wildman–Crippen MR) is 112 cm³/mol. The maximum absolute atomic E-state index is 13.1. The summed E-state index contributed by atoms with van der Waals surface area (Å²) in [7, 11) is -3.65. The van der Waals surface area contributed by atoms with Gasteiger partial charge in [0.05, 0.1) is 17.1 Å². The first kappa shape index (κ1) is 20.2. The Morgan fingerprint density at radius 1 is 0.966 bits per heavy atom. The molecule has 2 atom stereocenters. The molecule has 1 aliphatic rings. The Labute approximate surface area is 177 Å². The minimum absolute atomic E-state index is 0.152. The zero-order valence-corrected chi connectivity index (χ0v) is 18.4. The molecule has 1 fully saturated rings. The molecule has 0 spiro atoms. The van der Waals surface area contributed by atoms with E-state index in [4.69, 9.17) is 9.15 Å². The van der Waals surface area contributed by atoms with Crippen LogP contribution in [-0.4, -0.2) is 48.2 Å². The summed E-state index contributed by atoms with van der Waals surface area (Å²) in [5, 5.41) is 8.17. The molecule has 1 aliphatic heterocycles. The number of benzene rings is 2. The number of rotatable bonds is 4. The van der Waals surface area contributed by atoms with Gasteiger partial charge in [0.25, 0.3) is 0 Å². The molecule has 7 nitrogen and oxygen atoms in total. The second-order valence-corrected chi connectivity index (χ2v) is 9.88. The standard InChI is InChI=1S/C20H20BrN3O4S/c1-13-11-24(12-14(2)27-13)29(25,26)18-5-3-4-16(10-18)20-23-22-19(28-20)15-6-8-17(21)9-7-15/h3-10,13-14H,11-12H2,1-2H3. The second kappa shape index (κ2) is 7.98. The molecule has 0 aliphatic carbocycles. The molecule has 2 unspecified atom stereocenters. The van der Waals surface area contributed by atoms with E-state index in [1.54, 1.807) is 24.3 Å². The van der Waals surface area contributed by atoms with E-state index in [9.17, 15) is 8.42 Å². The van der Waals surface area contributed by atoms with Gasteiger partial charge in [-0.05, 0) is 56.3 Å². The van der Waals surface area contributed by atoms with Crippen LogP contribution in [0.5, 0.6) is 0 Å². The predicted octanol–water partition coefficient (Wildman–Crippen LogP) is 3.96. The van der Waals surface area contributed by atoms with Crippen LogP contribution in [0.15, 0.2) is 62.3 Å². The Bertz CT molecular complexity index is 1100. The minimum atomic E-state index is -3.65. The van der Waals surface area contributed by atoms with Crippen LogP contribution in [0.3, 0.4) is 0 Å². The van der Waals surface area contributed by atoms with Crippen LogP contribution in [0.2, 0.25) is 0 Å². The average molecular weight is 478 g/mol. The molecule has 3 aromatic rings. The molecule has 0 amide bonds. The third-order valence-electron chi connectivity index (χ3n) is 4.62. The van der Waals surface area contributed by atoms with E-state index in [1.165, 1.54) is 4.31 Å². The molecule has 29 heavy (non-hydrogen) atoms. The summed E-state index contributed by atoms with van der Waals surface area (Å²) < 4.78 is 40.1. The SMILES string of the molecule is CC1CN(S(=O)(=O)c2cccc(-c3nnc(-c4ccc(Br)cc4)o3)c2)CC(C)O1. The Hall–Kier alpha value is -2.07. The normalized spacial score (nSPS) is 20.7. The quantitative estimate of drug-likeness (QED) is 0.565. The van der Waals surface area contributed by atoms with Crippen molar-refractivity contribution in [3.63, 3.8) is 0 Å². The topological polar surface area (TPSA) is 85.5 Å². The largest absolute Gasteiger partial charge is 0.416 e. The highest BCUT2D eigenvalue weighted by molar-refractivity contribution is 9.10. The number of hydrogen-bond acceptors (Lipinski definition) is 6. The van der Waals surface area contributed by atoms with Gasteiger partial charge >= 0.3 is 0 Å². The highest BCUT2D eigenvalue weighted by Crippen LogP contribution is 2.28. The first-order valence-electron chi connectivity index (χ1n) is 9.18. The lowest BCUT2D eigenvalue weighted by Crippen LogP contribution is -2.48. The van der Waals surface area contributed by atoms with Gasteiger partial charge in [-0.1, -0.05) is 22.0 Å². The van der Waals surface area contributed by atoms with E-state index in [1.807, 2.05) is 38.1 Å². The first-order valence-corrected chi connectivity index (χ1v) is 11.4. The van der Waals surface area contributed by atoms with Crippen LogP contribution in [0, 0.1) is 0 Å². The van der Waals surface area contributed by atoms with Crippen molar-refractivity contribution >= 4 is 26.0 Å². The fourth-order valence-electron chi connectivity index (χ4n) is 3.31. The monoisotopic (exact) mass is 477 g/mol. The summed E-state index contributed by atoms with van der Waals surface area (Å²) in [5.41, 5.74) is 1.34. The maximum atomic E-state index is 13.1. The summed E-state index contributed by atoms with van der Waals surface area (Å²) in [4.78, 5) is 0.194. The van der Waals surface area contributed by atoms with Gasteiger partial charge in [0.15, 0.2) is 0 Å². The number of sulfonamides is 1. The molecule has 0 saturated carbocycles. The third kappa shape index (κ3) is 4.28. The molecule has 1 saturated heterocycles. The molecule has 0 bridgehead atoms. The molecule has 2 aromatic carbocycles. The van der Waals surface area contributed by atoms with Gasteiger partial charge in [-0.3, -0.25) is 0 Å². The first-order chi connectivity index (χ1) is 13.8. The lowest BCUT2D eigenvalue weighted by atomic mass is 10.2. The highest BCUT2D eigenvalue weighted by Gasteiger charge is 2.32. The molecule has 152 valence electrons. The van der Waals surface area contributed by atoms with Crippen LogP contribution in [0.25, 0.3) is 22.9 Å². The molecule has 2 heterocycles. The summed E-state index contributed by atoms with van der Waals surface area (Å²) in [5.74, 6) is 0.639. The van der Waals surface area contributed by atoms with Gasteiger partial charge in [0, 0.05) is 28.7 Å². The van der Waals surface area contributed by atoms with Crippen LogP contribution in [0.4, 0.5) is 0 Å². The maximum Gasteiger partial charge on any atom is 0.248 e. The van der Waals surface area contributed by atoms with Crippen LogP contribution < -0.4 is 0 Å². The lowest BCUT2D eigenvalue weighted by molar-refractivity contribution is -0.0440. The number of nitrogens with zero attached hydrogens (tertiary/aromatic N) is 3. The van der Waals surface area contributed by atoms with E-state index in [0.29, 0.717) is 24.5 Å². The van der Waals surface area contributed by atoms with Crippen molar-refractivity contribution in [3.8, 4) is 22.9 Å². The van der Waals surface area contributed by atoms with Crippen molar-refractivity contribution in [2.75, 3.05) is 13.1 Å². The van der Waals surface area contributed by atoms with Crippen molar-refractivity contribution in [2.45, 2.75) is 31.0 Å². The molecular weight excluding hydrogens is 458 g/mol. The van der Waals surface area contributed by atoms with E-state index in [-0.39, 0.29) is 23.0 Å². The van der Waals surface area contributed by atoms with Gasteiger partial charge in [0.2, 0.25) is 21.8 Å². The van der Waals surface area contributed by atoms with Crippen LogP contribution in [0.1, 0.15) is 13.8 Å². The smallest absolute Gasteiger partial charge is 0.248 e. The zero-order chi connectivity index (χ0) is 20.6. The minimum Gasteiger partial charge on any atom is -0.416 e. The van der Waals surface area contributed by atoms with Gasteiger partial charge in [-0.2, -0.15) is 4.31 Å². The number of halogens is 1. The Morgan fingerprint density at radius 2 is 1.59 bits per heavy atom. The molecule has 0 N–H and O–H groups in total. The summed E-state index contributed by atoms with van der Waals surface area (Å²) >= 11 is 3.39. The van der Waals surface area contributed by atoms with Crippen molar-refractivity contribution in [2.24, 2.45) is 0 Å². The average Bonchev–Trinajstić information content (AvgIpc) is 3.18. The molecule has 1 aromatic heterocycles. The summed E-state index contributed by atoms with van der Waals surface area (Å²) in [6, 6.07) is 14.1. The van der Waals surface area contributed by atoms with E-state index in [0.717, 1.165) is 10.0 Å². The molecular formula is C20H20BrN3O4S. The molecule has 9 heteroatoms. The van der Waals surface area contributed by atoms with E-state index in [2.05, 4.69) is 26.1 Å². The number of aromatic nitrogens is 2. The Morgan fingerprint density at radius 3 is 2.24 bits per heavy atom. The molecule has 0 radical (unpaired) electrons. The Balaban J connectivity index is 1.63. The van der Waals surface area contributed by atoms with Crippen LogP contribution >= 0.6 is 15.9 Å². The fraction of sp³-hybridized carbons (Fsp3) is 0.300. The van der Waals surface area contributed by atoms with Crippen molar-refractivity contribution in [3.05, 3.63) is 53.0 Å². The number of morpholine rings is 1. The van der Waals surface area contributed by atoms with Crippen molar-refractivity contribution in [1.29, 1.82) is 0 Å². The van der Waals surface area contributed by atoms with Crippen molar-refractivity contribution < 1.29 is 17.6 Å². The Kier molecular flexibility index (Phi) is 5.56. The van der Waals surface area contributed by atoms with Crippen molar-refractivity contribution in [1.82, 2.24) is 14.5 Å². The third-order valence-corrected chi connectivity index (χ3v) is 6.98. The summed E-state index contributed by atoms with van der Waals surface area (Å²) in [6.07, 6.45) is -0.303. The number of hydrogen-bond donors (Lipinski definition) is 0. The van der Waals surface area contributed by atoms with Gasteiger partial charge < -0.3 is 9.15 Å². The number of ether oxygens (including phenoxy) is 1. The van der Waals surface area contributed by atoms with Gasteiger partial charge in [0.1, 0.15) is 0 Å². The summed E-state index contributed by atoms with van der Waals surface area (Å²) in [6.45, 7) is 4.39. The highest BCUT2D eigenvalue weighted by atomic mass is 79.9. The zero-order valence-electron chi connectivity index (χ0n) is 15.9.